The van der Waals surface area contributed by atoms with E-state index in [1.54, 1.807) is 24.3 Å². The molecule has 6 heteroatoms. The third-order valence-electron chi connectivity index (χ3n) is 2.64. The van der Waals surface area contributed by atoms with E-state index in [1.165, 1.54) is 0 Å². The zero-order valence-electron chi connectivity index (χ0n) is 11.0. The van der Waals surface area contributed by atoms with Gasteiger partial charge in [-0.2, -0.15) is 0 Å². The fraction of sp³-hybridized carbons (Fsp3) is 0.133. The third-order valence-corrected chi connectivity index (χ3v) is 2.88. The first-order valence-electron chi connectivity index (χ1n) is 6.17. The van der Waals surface area contributed by atoms with Crippen molar-refractivity contribution < 1.29 is 18.3 Å². The van der Waals surface area contributed by atoms with Crippen molar-refractivity contribution in [3.63, 3.8) is 0 Å². The third kappa shape index (κ3) is 4.39. The van der Waals surface area contributed by atoms with Crippen LogP contribution in [-0.2, 0) is 0 Å². The molecule has 2 rings (SSSR count). The van der Waals surface area contributed by atoms with E-state index >= 15 is 0 Å². The van der Waals surface area contributed by atoms with Gasteiger partial charge in [-0.15, -0.1) is 0 Å². The maximum absolute atomic E-state index is 13.3. The van der Waals surface area contributed by atoms with Crippen LogP contribution in [0.15, 0.2) is 42.5 Å². The molecule has 0 heterocycles. The Labute approximate surface area is 126 Å². The van der Waals surface area contributed by atoms with Crippen LogP contribution >= 0.6 is 12.2 Å². The minimum absolute atomic E-state index is 0.0947. The van der Waals surface area contributed by atoms with Crippen molar-refractivity contribution in [2.75, 3.05) is 13.2 Å². The van der Waals surface area contributed by atoms with E-state index in [4.69, 9.17) is 27.4 Å². The fourth-order valence-corrected chi connectivity index (χ4v) is 1.75. The highest BCUT2D eigenvalue weighted by Gasteiger charge is 2.05. The van der Waals surface area contributed by atoms with E-state index in [0.29, 0.717) is 10.7 Å². The van der Waals surface area contributed by atoms with Crippen LogP contribution in [0.2, 0.25) is 0 Å². The molecule has 0 spiro atoms. The molecule has 0 saturated carbocycles. The van der Waals surface area contributed by atoms with Crippen LogP contribution in [0.1, 0.15) is 5.56 Å². The molecule has 0 aliphatic carbocycles. The topological polar surface area (TPSA) is 44.5 Å². The predicted molar refractivity (Wildman–Crippen MR) is 79.7 cm³/mol. The fourth-order valence-electron chi connectivity index (χ4n) is 1.61. The maximum Gasteiger partial charge on any atom is 0.165 e. The van der Waals surface area contributed by atoms with Gasteiger partial charge in [-0.3, -0.25) is 0 Å². The van der Waals surface area contributed by atoms with Gasteiger partial charge in [0.25, 0.3) is 0 Å². The molecule has 0 aliphatic heterocycles. The Bertz CT molecular complexity index is 632. The normalized spacial score (nSPS) is 10.2. The van der Waals surface area contributed by atoms with Gasteiger partial charge in [0.2, 0.25) is 0 Å². The number of ether oxygens (including phenoxy) is 2. The van der Waals surface area contributed by atoms with E-state index < -0.39 is 11.6 Å². The molecule has 0 saturated heterocycles. The van der Waals surface area contributed by atoms with Crippen LogP contribution in [0, 0.1) is 11.6 Å². The Hall–Kier alpha value is -2.21. The number of rotatable bonds is 6. The molecule has 0 fully saturated rings. The zero-order valence-corrected chi connectivity index (χ0v) is 11.8. The molecular weight excluding hydrogens is 296 g/mol. The second-order valence-electron chi connectivity index (χ2n) is 4.16. The average Bonchev–Trinajstić information content (AvgIpc) is 2.47. The summed E-state index contributed by atoms with van der Waals surface area (Å²) in [7, 11) is 0. The lowest BCUT2D eigenvalue weighted by molar-refractivity contribution is 0.211. The van der Waals surface area contributed by atoms with Gasteiger partial charge in [-0.1, -0.05) is 12.2 Å². The van der Waals surface area contributed by atoms with Crippen LogP contribution < -0.4 is 15.2 Å². The van der Waals surface area contributed by atoms with Crippen LogP contribution in [-0.4, -0.2) is 18.2 Å². The summed E-state index contributed by atoms with van der Waals surface area (Å²) in [5.74, 6) is -0.696. The van der Waals surface area contributed by atoms with Gasteiger partial charge in [0.05, 0.1) is 0 Å². The Morgan fingerprint density at radius 3 is 2.33 bits per heavy atom. The van der Waals surface area contributed by atoms with Gasteiger partial charge < -0.3 is 15.2 Å². The van der Waals surface area contributed by atoms with Crippen molar-refractivity contribution in [3.05, 3.63) is 59.7 Å². The lowest BCUT2D eigenvalue weighted by Crippen LogP contribution is -2.11. The van der Waals surface area contributed by atoms with Gasteiger partial charge in [-0.05, 0) is 36.4 Å². The van der Waals surface area contributed by atoms with Crippen molar-refractivity contribution in [2.45, 2.75) is 0 Å². The molecule has 0 amide bonds. The SMILES string of the molecule is NC(=S)c1ccc(OCCOc2cc(F)ccc2F)cc1. The van der Waals surface area contributed by atoms with Crippen molar-refractivity contribution in [1.82, 2.24) is 0 Å². The molecular formula is C15H13F2NO2S. The Morgan fingerprint density at radius 2 is 1.67 bits per heavy atom. The maximum atomic E-state index is 13.3. The average molecular weight is 309 g/mol. The quantitative estimate of drug-likeness (QED) is 0.658. The molecule has 0 aliphatic rings. The number of hydrogen-bond donors (Lipinski definition) is 1. The number of thiocarbonyl (C=S) groups is 1. The summed E-state index contributed by atoms with van der Waals surface area (Å²) in [6.45, 7) is 0.291. The second-order valence-corrected chi connectivity index (χ2v) is 4.60. The van der Waals surface area contributed by atoms with Crippen molar-refractivity contribution in [1.29, 1.82) is 0 Å². The zero-order chi connectivity index (χ0) is 15.2. The van der Waals surface area contributed by atoms with E-state index in [1.807, 2.05) is 0 Å². The van der Waals surface area contributed by atoms with Crippen LogP contribution in [0.4, 0.5) is 8.78 Å². The van der Waals surface area contributed by atoms with Gasteiger partial charge in [0.15, 0.2) is 11.6 Å². The first-order valence-corrected chi connectivity index (χ1v) is 6.57. The highest BCUT2D eigenvalue weighted by molar-refractivity contribution is 7.80. The number of nitrogens with two attached hydrogens (primary N) is 1. The Kier molecular flexibility index (Phi) is 5.05. The van der Waals surface area contributed by atoms with Crippen molar-refractivity contribution >= 4 is 17.2 Å². The van der Waals surface area contributed by atoms with Crippen LogP contribution in [0.5, 0.6) is 11.5 Å². The predicted octanol–water partition coefficient (Wildman–Crippen LogP) is 3.06. The smallest absolute Gasteiger partial charge is 0.165 e. The van der Waals surface area contributed by atoms with Crippen LogP contribution in [0.3, 0.4) is 0 Å². The summed E-state index contributed by atoms with van der Waals surface area (Å²) in [4.78, 5) is 0.312. The highest BCUT2D eigenvalue weighted by Crippen LogP contribution is 2.18. The summed E-state index contributed by atoms with van der Waals surface area (Å²) >= 11 is 4.84. The lowest BCUT2D eigenvalue weighted by Gasteiger charge is -2.09. The minimum Gasteiger partial charge on any atom is -0.490 e. The summed E-state index contributed by atoms with van der Waals surface area (Å²) < 4.78 is 36.7. The molecule has 3 nitrogen and oxygen atoms in total. The number of hydrogen-bond acceptors (Lipinski definition) is 3. The van der Waals surface area contributed by atoms with Gasteiger partial charge >= 0.3 is 0 Å². The lowest BCUT2D eigenvalue weighted by atomic mass is 10.2. The molecule has 2 aromatic carbocycles. The highest BCUT2D eigenvalue weighted by atomic mass is 32.1. The molecule has 0 unspecified atom stereocenters. The molecule has 0 radical (unpaired) electrons. The molecule has 0 atom stereocenters. The number of benzene rings is 2. The first-order chi connectivity index (χ1) is 10.1. The summed E-state index contributed by atoms with van der Waals surface area (Å²) in [5.41, 5.74) is 6.23. The van der Waals surface area contributed by atoms with Gasteiger partial charge in [0, 0.05) is 11.6 Å². The molecule has 0 aromatic heterocycles. The van der Waals surface area contributed by atoms with E-state index in [2.05, 4.69) is 0 Å². The molecule has 0 bridgehead atoms. The molecule has 110 valence electrons. The van der Waals surface area contributed by atoms with E-state index in [-0.39, 0.29) is 19.0 Å². The number of halogens is 2. The Morgan fingerprint density at radius 1 is 1.00 bits per heavy atom. The molecule has 21 heavy (non-hydrogen) atoms. The minimum atomic E-state index is -0.614. The van der Waals surface area contributed by atoms with Crippen molar-refractivity contribution in [2.24, 2.45) is 5.73 Å². The molecule has 2 N–H and O–H groups in total. The first kappa shape index (κ1) is 15.2. The standard InChI is InChI=1S/C15H13F2NO2S/c16-11-3-6-13(17)14(9-11)20-8-7-19-12-4-1-10(2-5-12)15(18)21/h1-6,9H,7-8H2,(H2,18,21). The van der Waals surface area contributed by atoms with Crippen LogP contribution in [0.25, 0.3) is 0 Å². The van der Waals surface area contributed by atoms with Crippen molar-refractivity contribution in [3.8, 4) is 11.5 Å². The molecule has 2 aromatic rings. The summed E-state index contributed by atoms with van der Waals surface area (Å²) in [6.07, 6.45) is 0. The monoisotopic (exact) mass is 309 g/mol. The van der Waals surface area contributed by atoms with Gasteiger partial charge in [-0.25, -0.2) is 8.78 Å². The van der Waals surface area contributed by atoms with E-state index in [0.717, 1.165) is 23.8 Å². The summed E-state index contributed by atoms with van der Waals surface area (Å²) in [6, 6.07) is 9.96. The summed E-state index contributed by atoms with van der Waals surface area (Å²) in [5, 5.41) is 0. The van der Waals surface area contributed by atoms with Gasteiger partial charge in [0.1, 0.15) is 29.8 Å². The second kappa shape index (κ2) is 6.99. The Balaban J connectivity index is 1.81. The van der Waals surface area contributed by atoms with E-state index in [9.17, 15) is 8.78 Å². The largest absolute Gasteiger partial charge is 0.490 e.